The second-order valence-electron chi connectivity index (χ2n) is 11.6. The quantitative estimate of drug-likeness (QED) is 0.390. The van der Waals surface area contributed by atoms with Gasteiger partial charge in [-0.25, -0.2) is 0 Å². The Balaban J connectivity index is 1.34. The second-order valence-corrected chi connectivity index (χ2v) is 11.6. The van der Waals surface area contributed by atoms with Gasteiger partial charge in [-0.15, -0.1) is 0 Å². The summed E-state index contributed by atoms with van der Waals surface area (Å²) in [7, 11) is 2.13. The molecule has 6 rings (SSSR count). The maximum atomic E-state index is 12.5. The summed E-state index contributed by atoms with van der Waals surface area (Å²) in [5, 5.41) is 11.9. The summed E-state index contributed by atoms with van der Waals surface area (Å²) in [6, 6.07) is 15.5. The minimum absolute atomic E-state index is 0.146. The topological polar surface area (TPSA) is 94.8 Å². The van der Waals surface area contributed by atoms with Crippen LogP contribution in [-0.4, -0.2) is 77.6 Å². The van der Waals surface area contributed by atoms with Crippen molar-refractivity contribution in [3.05, 3.63) is 71.4 Å². The second kappa shape index (κ2) is 12.1. The number of ether oxygens (including phenoxy) is 2. The summed E-state index contributed by atoms with van der Waals surface area (Å²) in [6.45, 7) is 9.33. The van der Waals surface area contributed by atoms with Gasteiger partial charge in [-0.1, -0.05) is 43.0 Å². The average Bonchev–Trinajstić information content (AvgIpc) is 3.43. The largest absolute Gasteiger partial charge is 0.462 e. The van der Waals surface area contributed by atoms with Gasteiger partial charge in [0, 0.05) is 37.7 Å². The highest BCUT2D eigenvalue weighted by molar-refractivity contribution is 5.89. The summed E-state index contributed by atoms with van der Waals surface area (Å²) in [5.41, 5.74) is 4.27. The van der Waals surface area contributed by atoms with Crippen LogP contribution < -0.4 is 9.64 Å². The van der Waals surface area contributed by atoms with Crippen LogP contribution in [0.15, 0.2) is 49.1 Å². The molecule has 0 bridgehead atoms. The molecule has 218 valence electrons. The van der Waals surface area contributed by atoms with Crippen molar-refractivity contribution in [2.24, 2.45) is 0 Å². The number of nitrogens with zero attached hydrogens (tertiary/aromatic N) is 6. The number of amides is 1. The molecule has 0 aliphatic carbocycles. The van der Waals surface area contributed by atoms with Gasteiger partial charge in [0.2, 0.25) is 5.91 Å². The Morgan fingerprint density at radius 3 is 2.79 bits per heavy atom. The smallest absolute Gasteiger partial charge is 0.318 e. The summed E-state index contributed by atoms with van der Waals surface area (Å²) >= 11 is 0. The molecule has 3 aromatic rings. The van der Waals surface area contributed by atoms with E-state index in [4.69, 9.17) is 19.4 Å². The zero-order valence-electron chi connectivity index (χ0n) is 24.5. The standard InChI is InChI=1S/C33H38N6O3/c1-4-30(40)39-17-16-38(19-24(39)13-14-34)32-27-21-41-29(26-12-6-10-23-9-5-8-22(2)31(23)26)18-28(27)35-33(36-32)42-20-25-11-7-15-37(25)3/h4-6,8-10,12,24-25,29H,1,7,11,13,15-21H2,2-3H3/t24-,25-,29?/m0/s1. The molecule has 1 unspecified atom stereocenters. The average molecular weight is 567 g/mol. The number of aryl methyl sites for hydroxylation is 1. The number of likely N-dealkylation sites (N-methyl/N-ethyl adjacent to an activating group) is 1. The lowest BCUT2D eigenvalue weighted by atomic mass is 9.92. The Kier molecular flexibility index (Phi) is 8.09. The molecule has 9 heteroatoms. The van der Waals surface area contributed by atoms with E-state index >= 15 is 0 Å². The minimum atomic E-state index is -0.257. The van der Waals surface area contributed by atoms with E-state index in [0.29, 0.717) is 51.3 Å². The van der Waals surface area contributed by atoms with E-state index in [1.165, 1.54) is 22.4 Å². The van der Waals surface area contributed by atoms with Crippen molar-refractivity contribution in [3.63, 3.8) is 0 Å². The van der Waals surface area contributed by atoms with Gasteiger partial charge >= 0.3 is 6.01 Å². The first-order valence-electron chi connectivity index (χ1n) is 14.8. The molecule has 3 aliphatic rings. The highest BCUT2D eigenvalue weighted by Crippen LogP contribution is 2.38. The van der Waals surface area contributed by atoms with E-state index in [1.807, 2.05) is 0 Å². The molecule has 1 aromatic heterocycles. The van der Waals surface area contributed by atoms with E-state index < -0.39 is 0 Å². The maximum absolute atomic E-state index is 12.5. The van der Waals surface area contributed by atoms with Gasteiger partial charge in [-0.05, 0) is 61.3 Å². The van der Waals surface area contributed by atoms with Crippen LogP contribution in [0.2, 0.25) is 0 Å². The summed E-state index contributed by atoms with van der Waals surface area (Å²) in [4.78, 5) is 28.6. The molecule has 3 atom stereocenters. The number of nitriles is 1. The van der Waals surface area contributed by atoms with Crippen LogP contribution >= 0.6 is 0 Å². The Hall–Kier alpha value is -4.00. The third kappa shape index (κ3) is 5.44. The first-order valence-corrected chi connectivity index (χ1v) is 14.8. The number of fused-ring (bicyclic) bond motifs is 2. The molecule has 4 heterocycles. The van der Waals surface area contributed by atoms with Crippen molar-refractivity contribution in [2.75, 3.05) is 44.7 Å². The number of benzene rings is 2. The lowest BCUT2D eigenvalue weighted by Crippen LogP contribution is -2.55. The Morgan fingerprint density at radius 2 is 2.02 bits per heavy atom. The first-order chi connectivity index (χ1) is 20.5. The van der Waals surface area contributed by atoms with Crippen LogP contribution in [0.4, 0.5) is 5.82 Å². The minimum Gasteiger partial charge on any atom is -0.462 e. The number of piperazine rings is 1. The van der Waals surface area contributed by atoms with E-state index in [0.717, 1.165) is 42.0 Å². The number of likely N-dealkylation sites (tertiary alicyclic amines) is 1. The van der Waals surface area contributed by atoms with E-state index in [9.17, 15) is 10.1 Å². The molecule has 0 spiro atoms. The fourth-order valence-electron chi connectivity index (χ4n) is 6.68. The number of hydrogen-bond donors (Lipinski definition) is 0. The van der Waals surface area contributed by atoms with Gasteiger partial charge in [0.05, 0.1) is 36.9 Å². The van der Waals surface area contributed by atoms with Crippen molar-refractivity contribution >= 4 is 22.5 Å². The number of carbonyl (C=O) groups is 1. The van der Waals surface area contributed by atoms with Crippen molar-refractivity contribution in [1.82, 2.24) is 19.8 Å². The van der Waals surface area contributed by atoms with Gasteiger partial charge in [0.25, 0.3) is 0 Å². The van der Waals surface area contributed by atoms with Gasteiger partial charge in [-0.3, -0.25) is 4.79 Å². The van der Waals surface area contributed by atoms with Gasteiger partial charge in [0.15, 0.2) is 0 Å². The van der Waals surface area contributed by atoms with Gasteiger partial charge < -0.3 is 24.2 Å². The van der Waals surface area contributed by atoms with Crippen molar-refractivity contribution < 1.29 is 14.3 Å². The van der Waals surface area contributed by atoms with Crippen LogP contribution in [0, 0.1) is 18.3 Å². The Labute approximate surface area is 247 Å². The number of aromatic nitrogens is 2. The highest BCUT2D eigenvalue weighted by atomic mass is 16.5. The van der Waals surface area contributed by atoms with E-state index in [2.05, 4.69) is 72.8 Å². The zero-order valence-corrected chi connectivity index (χ0v) is 24.5. The van der Waals surface area contributed by atoms with Crippen LogP contribution in [0.5, 0.6) is 6.01 Å². The number of anilines is 1. The van der Waals surface area contributed by atoms with Crippen molar-refractivity contribution in [1.29, 1.82) is 5.26 Å². The first kappa shape index (κ1) is 28.1. The normalized spacial score (nSPS) is 22.5. The lowest BCUT2D eigenvalue weighted by molar-refractivity contribution is -0.128. The molecule has 2 aromatic carbocycles. The van der Waals surface area contributed by atoms with Gasteiger partial charge in [-0.2, -0.15) is 15.2 Å². The molecule has 1 amide bonds. The van der Waals surface area contributed by atoms with Crippen molar-refractivity contribution in [3.8, 4) is 12.1 Å². The van der Waals surface area contributed by atoms with Crippen molar-refractivity contribution in [2.45, 2.75) is 57.4 Å². The number of hydrogen-bond acceptors (Lipinski definition) is 8. The molecule has 0 saturated carbocycles. The highest BCUT2D eigenvalue weighted by Gasteiger charge is 2.34. The predicted octanol–water partition coefficient (Wildman–Crippen LogP) is 4.34. The Bertz CT molecular complexity index is 1530. The SMILES string of the molecule is C=CC(=O)N1CCN(c2nc(OC[C@@H]3CCCN3C)nc3c2COC(c2cccc4cccc(C)c24)C3)C[C@@H]1CC#N. The molecule has 0 N–H and O–H groups in total. The number of rotatable bonds is 7. The van der Waals surface area contributed by atoms with Crippen LogP contribution in [0.25, 0.3) is 10.8 Å². The van der Waals surface area contributed by atoms with Crippen LogP contribution in [-0.2, 0) is 22.6 Å². The van der Waals surface area contributed by atoms with Crippen LogP contribution in [0.3, 0.4) is 0 Å². The van der Waals surface area contributed by atoms with E-state index in [1.54, 1.807) is 4.90 Å². The third-order valence-electron chi connectivity index (χ3n) is 8.99. The number of carbonyl (C=O) groups excluding carboxylic acids is 1. The fourth-order valence-corrected chi connectivity index (χ4v) is 6.68. The molecule has 3 aliphatic heterocycles. The molecule has 2 saturated heterocycles. The van der Waals surface area contributed by atoms with Gasteiger partial charge in [0.1, 0.15) is 12.4 Å². The summed E-state index contributed by atoms with van der Waals surface area (Å²) in [6.07, 6.45) is 4.28. The molecular formula is C33H38N6O3. The predicted molar refractivity (Wildman–Crippen MR) is 161 cm³/mol. The Morgan fingerprint density at radius 1 is 1.19 bits per heavy atom. The monoisotopic (exact) mass is 566 g/mol. The zero-order chi connectivity index (χ0) is 29.2. The third-order valence-corrected chi connectivity index (χ3v) is 8.99. The lowest BCUT2D eigenvalue weighted by Gasteiger charge is -2.42. The maximum Gasteiger partial charge on any atom is 0.318 e. The molecule has 2 fully saturated rings. The fraction of sp³-hybridized carbons (Fsp3) is 0.455. The van der Waals surface area contributed by atoms with Crippen LogP contribution in [0.1, 0.15) is 47.8 Å². The molecular weight excluding hydrogens is 528 g/mol. The summed E-state index contributed by atoms with van der Waals surface area (Å²) < 4.78 is 12.8. The summed E-state index contributed by atoms with van der Waals surface area (Å²) in [5.74, 6) is 0.622. The van der Waals surface area contributed by atoms with E-state index in [-0.39, 0.29) is 24.5 Å². The molecule has 42 heavy (non-hydrogen) atoms. The molecule has 9 nitrogen and oxygen atoms in total. The molecule has 0 radical (unpaired) electrons.